The normalized spacial score (nSPS) is 12.2. The van der Waals surface area contributed by atoms with Crippen LogP contribution in [-0.4, -0.2) is 43.5 Å². The van der Waals surface area contributed by atoms with Gasteiger partial charge in [-0.1, -0.05) is 0 Å². The Bertz CT molecular complexity index is 308. The fourth-order valence-corrected chi connectivity index (χ4v) is 0.824. The number of esters is 1. The van der Waals surface area contributed by atoms with E-state index < -0.39 is 23.5 Å². The van der Waals surface area contributed by atoms with Crippen LogP contribution in [0.25, 0.3) is 0 Å². The molecule has 0 atom stereocenters. The highest BCUT2D eigenvalue weighted by molar-refractivity contribution is 6.19. The number of Topliss-reactive ketones (excluding diaryl/α,β-unsaturated/α-hetero) is 1. The number of alkyl halides is 3. The third kappa shape index (κ3) is 4.33. The molecule has 0 heterocycles. The second kappa shape index (κ2) is 5.53. The van der Waals surface area contributed by atoms with Crippen molar-refractivity contribution < 1.29 is 27.5 Å². The van der Waals surface area contributed by atoms with Crippen molar-refractivity contribution in [3.8, 4) is 0 Å². The van der Waals surface area contributed by atoms with Gasteiger partial charge < -0.3 is 9.64 Å². The lowest BCUT2D eigenvalue weighted by Crippen LogP contribution is -2.30. The van der Waals surface area contributed by atoms with Gasteiger partial charge in [0.25, 0.3) is 5.78 Å². The van der Waals surface area contributed by atoms with Crippen LogP contribution >= 0.6 is 0 Å². The average molecular weight is 239 g/mol. The lowest BCUT2D eigenvalue weighted by Gasteiger charge is -2.11. The Balaban J connectivity index is 5.12. The molecule has 0 N–H and O–H groups in total. The molecular formula is C9H12F3NO3. The number of carbonyl (C=O) groups excluding carboxylic acids is 2. The smallest absolute Gasteiger partial charge is 0.455 e. The number of hydrogen-bond donors (Lipinski definition) is 0. The lowest BCUT2D eigenvalue weighted by molar-refractivity contribution is -0.168. The molecule has 0 aromatic rings. The van der Waals surface area contributed by atoms with Gasteiger partial charge in [-0.05, 0) is 6.92 Å². The van der Waals surface area contributed by atoms with Crippen LogP contribution in [0.3, 0.4) is 0 Å². The molecule has 0 aliphatic carbocycles. The van der Waals surface area contributed by atoms with Gasteiger partial charge in [-0.15, -0.1) is 0 Å². The van der Waals surface area contributed by atoms with Crippen LogP contribution in [0.15, 0.2) is 11.8 Å². The minimum absolute atomic E-state index is 0.102. The Labute approximate surface area is 90.7 Å². The average Bonchev–Trinajstić information content (AvgIpc) is 2.11. The SMILES string of the molecule is CCOC(=O)/C(=C\N(C)C)C(=O)C(F)(F)F. The van der Waals surface area contributed by atoms with E-state index in [1.54, 1.807) is 0 Å². The van der Waals surface area contributed by atoms with Gasteiger partial charge >= 0.3 is 12.1 Å². The van der Waals surface area contributed by atoms with E-state index in [9.17, 15) is 22.8 Å². The molecule has 4 nitrogen and oxygen atoms in total. The van der Waals surface area contributed by atoms with Gasteiger partial charge in [-0.3, -0.25) is 4.79 Å². The molecule has 7 heteroatoms. The maximum Gasteiger partial charge on any atom is 0.455 e. The number of nitrogens with zero attached hydrogens (tertiary/aromatic N) is 1. The van der Waals surface area contributed by atoms with E-state index in [0.717, 1.165) is 11.1 Å². The molecule has 0 rings (SSSR count). The summed E-state index contributed by atoms with van der Waals surface area (Å²) in [7, 11) is 2.78. The summed E-state index contributed by atoms with van der Waals surface area (Å²) in [6.07, 6.45) is -4.30. The Morgan fingerprint density at radius 2 is 1.81 bits per heavy atom. The summed E-state index contributed by atoms with van der Waals surface area (Å²) in [5.74, 6) is -3.49. The van der Waals surface area contributed by atoms with Crippen LogP contribution in [0.5, 0.6) is 0 Å². The zero-order chi connectivity index (χ0) is 12.9. The fraction of sp³-hybridized carbons (Fsp3) is 0.556. The van der Waals surface area contributed by atoms with E-state index in [2.05, 4.69) is 4.74 Å². The molecule has 0 spiro atoms. The number of rotatable bonds is 4. The van der Waals surface area contributed by atoms with E-state index in [1.807, 2.05) is 0 Å². The molecule has 0 bridgehead atoms. The molecule has 92 valence electrons. The van der Waals surface area contributed by atoms with Crippen molar-refractivity contribution in [3.05, 3.63) is 11.8 Å². The zero-order valence-electron chi connectivity index (χ0n) is 9.09. The van der Waals surface area contributed by atoms with Crippen molar-refractivity contribution in [2.24, 2.45) is 0 Å². The Morgan fingerprint density at radius 3 is 2.12 bits per heavy atom. The number of ketones is 1. The summed E-state index contributed by atoms with van der Waals surface area (Å²) in [5.41, 5.74) is -1.03. The summed E-state index contributed by atoms with van der Waals surface area (Å²) in [4.78, 5) is 23.2. The first-order chi connectivity index (χ1) is 7.20. The Kier molecular flexibility index (Phi) is 5.00. The van der Waals surface area contributed by atoms with Gasteiger partial charge in [0, 0.05) is 20.3 Å². The molecule has 0 aromatic heterocycles. The number of carbonyl (C=O) groups is 2. The predicted octanol–water partition coefficient (Wildman–Crippen LogP) is 1.13. The maximum absolute atomic E-state index is 12.1. The van der Waals surface area contributed by atoms with Crippen LogP contribution in [0.2, 0.25) is 0 Å². The summed E-state index contributed by atoms with van der Waals surface area (Å²) in [6, 6.07) is 0. The molecule has 0 aliphatic heterocycles. The maximum atomic E-state index is 12.1. The topological polar surface area (TPSA) is 46.6 Å². The predicted molar refractivity (Wildman–Crippen MR) is 49.5 cm³/mol. The van der Waals surface area contributed by atoms with Gasteiger partial charge in [-0.2, -0.15) is 13.2 Å². The van der Waals surface area contributed by atoms with Crippen LogP contribution in [-0.2, 0) is 14.3 Å². The Hall–Kier alpha value is -1.53. The van der Waals surface area contributed by atoms with Crippen LogP contribution in [0.1, 0.15) is 6.92 Å². The molecular weight excluding hydrogens is 227 g/mol. The quantitative estimate of drug-likeness (QED) is 0.319. The summed E-state index contributed by atoms with van der Waals surface area (Å²) in [5, 5.41) is 0. The first-order valence-corrected chi connectivity index (χ1v) is 4.37. The summed E-state index contributed by atoms with van der Waals surface area (Å²) >= 11 is 0. The zero-order valence-corrected chi connectivity index (χ0v) is 9.09. The van der Waals surface area contributed by atoms with Gasteiger partial charge in [0.05, 0.1) is 6.61 Å². The standard InChI is InChI=1S/C9H12F3NO3/c1-4-16-8(15)6(5-13(2)3)7(14)9(10,11)12/h5H,4H2,1-3H3/b6-5-. The summed E-state index contributed by atoms with van der Waals surface area (Å²) < 4.78 is 40.8. The van der Waals surface area contributed by atoms with E-state index in [4.69, 9.17) is 0 Å². The van der Waals surface area contributed by atoms with Crippen LogP contribution < -0.4 is 0 Å². The van der Waals surface area contributed by atoms with Crippen molar-refractivity contribution in [2.45, 2.75) is 13.1 Å². The number of halogens is 3. The number of ether oxygens (including phenoxy) is 1. The molecule has 0 unspecified atom stereocenters. The minimum atomic E-state index is -5.09. The van der Waals surface area contributed by atoms with E-state index in [-0.39, 0.29) is 6.61 Å². The lowest BCUT2D eigenvalue weighted by atomic mass is 10.2. The third-order valence-corrected chi connectivity index (χ3v) is 1.38. The van der Waals surface area contributed by atoms with Gasteiger partial charge in [0.15, 0.2) is 0 Å². The van der Waals surface area contributed by atoms with Crippen molar-refractivity contribution in [1.82, 2.24) is 4.90 Å². The van der Waals surface area contributed by atoms with Crippen molar-refractivity contribution in [3.63, 3.8) is 0 Å². The van der Waals surface area contributed by atoms with Crippen molar-refractivity contribution >= 4 is 11.8 Å². The molecule has 0 radical (unpaired) electrons. The fourth-order valence-electron chi connectivity index (χ4n) is 0.824. The monoisotopic (exact) mass is 239 g/mol. The first-order valence-electron chi connectivity index (χ1n) is 4.37. The third-order valence-electron chi connectivity index (χ3n) is 1.38. The van der Waals surface area contributed by atoms with Gasteiger partial charge in [0.1, 0.15) is 5.57 Å². The Morgan fingerprint density at radius 1 is 1.31 bits per heavy atom. The molecule has 0 aliphatic rings. The molecule has 0 saturated carbocycles. The van der Waals surface area contributed by atoms with Crippen LogP contribution in [0, 0.1) is 0 Å². The largest absolute Gasteiger partial charge is 0.462 e. The van der Waals surface area contributed by atoms with E-state index >= 15 is 0 Å². The molecule has 0 saturated heterocycles. The van der Waals surface area contributed by atoms with Crippen molar-refractivity contribution in [1.29, 1.82) is 0 Å². The molecule has 0 fully saturated rings. The molecule has 0 aromatic carbocycles. The first kappa shape index (κ1) is 14.5. The van der Waals surface area contributed by atoms with Crippen molar-refractivity contribution in [2.75, 3.05) is 20.7 Å². The second-order valence-electron chi connectivity index (χ2n) is 3.05. The highest BCUT2D eigenvalue weighted by atomic mass is 19.4. The number of hydrogen-bond acceptors (Lipinski definition) is 4. The van der Waals surface area contributed by atoms with E-state index in [1.165, 1.54) is 21.0 Å². The van der Waals surface area contributed by atoms with Crippen LogP contribution in [0.4, 0.5) is 13.2 Å². The van der Waals surface area contributed by atoms with Gasteiger partial charge in [-0.25, -0.2) is 4.79 Å². The molecule has 16 heavy (non-hydrogen) atoms. The van der Waals surface area contributed by atoms with E-state index in [0.29, 0.717) is 0 Å². The second-order valence-corrected chi connectivity index (χ2v) is 3.05. The summed E-state index contributed by atoms with van der Waals surface area (Å²) in [6.45, 7) is 1.33. The molecule has 0 amide bonds. The highest BCUT2D eigenvalue weighted by Gasteiger charge is 2.43. The highest BCUT2D eigenvalue weighted by Crippen LogP contribution is 2.21. The van der Waals surface area contributed by atoms with Gasteiger partial charge in [0.2, 0.25) is 0 Å². The minimum Gasteiger partial charge on any atom is -0.462 e.